The fourth-order valence-electron chi connectivity index (χ4n) is 2.72. The molecule has 4 rings (SSSR count). The van der Waals surface area contributed by atoms with Crippen molar-refractivity contribution in [3.63, 3.8) is 0 Å². The maximum atomic E-state index is 12.1. The van der Waals surface area contributed by atoms with Crippen LogP contribution in [0.1, 0.15) is 0 Å². The molecule has 0 radical (unpaired) electrons. The van der Waals surface area contributed by atoms with E-state index in [4.69, 9.17) is 21.3 Å². The average Bonchev–Trinajstić information content (AvgIpc) is 3.24. The van der Waals surface area contributed by atoms with Crippen LogP contribution in [-0.4, -0.2) is 17.5 Å². The maximum Gasteiger partial charge on any atom is 0.262 e. The minimum atomic E-state index is -0.208. The summed E-state index contributed by atoms with van der Waals surface area (Å²) in [5.41, 5.74) is 3.63. The number of aromatic nitrogens is 1. The third kappa shape index (κ3) is 5.02. The molecule has 0 saturated heterocycles. The van der Waals surface area contributed by atoms with E-state index in [9.17, 15) is 4.79 Å². The van der Waals surface area contributed by atoms with Crippen molar-refractivity contribution >= 4 is 34.5 Å². The lowest BCUT2D eigenvalue weighted by atomic mass is 10.1. The molecule has 1 amide bonds. The maximum absolute atomic E-state index is 12.1. The molecule has 0 aliphatic rings. The Bertz CT molecular complexity index is 1090. The van der Waals surface area contributed by atoms with Gasteiger partial charge in [0, 0.05) is 27.2 Å². The van der Waals surface area contributed by atoms with Gasteiger partial charge in [0.2, 0.25) is 0 Å². The minimum absolute atomic E-state index is 0.0394. The third-order valence-electron chi connectivity index (χ3n) is 4.17. The summed E-state index contributed by atoms with van der Waals surface area (Å²) in [4.78, 5) is 16.8. The van der Waals surface area contributed by atoms with Crippen LogP contribution in [0.2, 0.25) is 5.02 Å². The van der Waals surface area contributed by atoms with Gasteiger partial charge in [0.05, 0.1) is 5.69 Å². The molecule has 0 atom stereocenters. The number of anilines is 1. The van der Waals surface area contributed by atoms with Gasteiger partial charge in [-0.2, -0.15) is 0 Å². The van der Waals surface area contributed by atoms with Gasteiger partial charge in [0.1, 0.15) is 10.8 Å². The molecular weight excluding hydrogens is 404 g/mol. The molecule has 0 saturated carbocycles. The molecule has 4 aromatic rings. The number of para-hydroxylation sites is 1. The zero-order chi connectivity index (χ0) is 20.1. The van der Waals surface area contributed by atoms with E-state index in [1.165, 1.54) is 0 Å². The zero-order valence-electron chi connectivity index (χ0n) is 15.3. The number of carbonyl (C=O) groups excluding carboxylic acids is 1. The van der Waals surface area contributed by atoms with Crippen molar-refractivity contribution in [1.82, 2.24) is 4.98 Å². The summed E-state index contributed by atoms with van der Waals surface area (Å²) in [5, 5.41) is 6.50. The zero-order valence-corrected chi connectivity index (χ0v) is 16.9. The molecule has 1 heterocycles. The van der Waals surface area contributed by atoms with Crippen LogP contribution in [0, 0.1) is 0 Å². The number of nitrogens with zero attached hydrogens (tertiary/aromatic N) is 1. The number of benzene rings is 3. The quantitative estimate of drug-likeness (QED) is 0.407. The van der Waals surface area contributed by atoms with Crippen LogP contribution < -0.4 is 10.1 Å². The number of thiazole rings is 1. The summed E-state index contributed by atoms with van der Waals surface area (Å²) >= 11 is 7.53. The number of rotatable bonds is 6. The van der Waals surface area contributed by atoms with E-state index in [1.54, 1.807) is 11.3 Å². The molecule has 1 aromatic heterocycles. The van der Waals surface area contributed by atoms with Crippen LogP contribution in [0.5, 0.6) is 5.75 Å². The summed E-state index contributed by atoms with van der Waals surface area (Å²) < 4.78 is 5.46. The van der Waals surface area contributed by atoms with Crippen LogP contribution in [0.15, 0.2) is 84.2 Å². The second kappa shape index (κ2) is 8.90. The fourth-order valence-corrected chi connectivity index (χ4v) is 3.68. The van der Waals surface area contributed by atoms with Crippen LogP contribution >= 0.6 is 22.9 Å². The molecule has 144 valence electrons. The van der Waals surface area contributed by atoms with Crippen LogP contribution in [0.4, 0.5) is 5.69 Å². The Labute approximate surface area is 177 Å². The lowest BCUT2D eigenvalue weighted by molar-refractivity contribution is -0.118. The van der Waals surface area contributed by atoms with Crippen molar-refractivity contribution in [1.29, 1.82) is 0 Å². The van der Waals surface area contributed by atoms with Gasteiger partial charge in [-0.3, -0.25) is 4.79 Å². The van der Waals surface area contributed by atoms with Crippen molar-refractivity contribution in [2.24, 2.45) is 0 Å². The molecule has 6 heteroatoms. The van der Waals surface area contributed by atoms with Crippen LogP contribution in [0.3, 0.4) is 0 Å². The molecule has 3 aromatic carbocycles. The molecular formula is C23H17ClN2O2S. The molecule has 29 heavy (non-hydrogen) atoms. The molecule has 4 nitrogen and oxygen atoms in total. The topological polar surface area (TPSA) is 51.2 Å². The van der Waals surface area contributed by atoms with E-state index in [-0.39, 0.29) is 12.5 Å². The Kier molecular flexibility index (Phi) is 5.89. The van der Waals surface area contributed by atoms with E-state index in [0.29, 0.717) is 16.5 Å². The lowest BCUT2D eigenvalue weighted by Gasteiger charge is -2.08. The van der Waals surface area contributed by atoms with Crippen molar-refractivity contribution in [3.8, 4) is 27.6 Å². The summed E-state index contributed by atoms with van der Waals surface area (Å²) in [5.74, 6) is 0.457. The SMILES string of the molecule is O=C(COc1ccccc1)Nc1ccc(-c2csc(-c3ccc(Cl)cc3)n2)cc1. The number of hydrogen-bond donors (Lipinski definition) is 1. The van der Waals surface area contributed by atoms with Gasteiger partial charge in [-0.25, -0.2) is 4.98 Å². The average molecular weight is 421 g/mol. The van der Waals surface area contributed by atoms with E-state index in [1.807, 2.05) is 84.2 Å². The Morgan fingerprint density at radius 1 is 0.931 bits per heavy atom. The molecule has 0 aliphatic heterocycles. The minimum Gasteiger partial charge on any atom is -0.484 e. The Balaban J connectivity index is 1.38. The summed E-state index contributed by atoms with van der Waals surface area (Å²) in [6, 6.07) is 24.5. The van der Waals surface area contributed by atoms with Gasteiger partial charge in [0.15, 0.2) is 6.61 Å². The number of nitrogens with one attached hydrogen (secondary N) is 1. The first-order valence-corrected chi connectivity index (χ1v) is 10.2. The Hall–Kier alpha value is -3.15. The fraction of sp³-hybridized carbons (Fsp3) is 0.0435. The highest BCUT2D eigenvalue weighted by atomic mass is 35.5. The first kappa shape index (κ1) is 19.2. The molecule has 0 spiro atoms. The normalized spacial score (nSPS) is 10.5. The highest BCUT2D eigenvalue weighted by molar-refractivity contribution is 7.13. The van der Waals surface area contributed by atoms with Crippen LogP contribution in [-0.2, 0) is 4.79 Å². The smallest absolute Gasteiger partial charge is 0.262 e. The first-order valence-electron chi connectivity index (χ1n) is 8.97. The molecule has 0 unspecified atom stereocenters. The molecule has 0 aliphatic carbocycles. The monoisotopic (exact) mass is 420 g/mol. The second-order valence-electron chi connectivity index (χ2n) is 6.27. The highest BCUT2D eigenvalue weighted by Gasteiger charge is 2.08. The van der Waals surface area contributed by atoms with Crippen molar-refractivity contribution in [2.45, 2.75) is 0 Å². The predicted octanol–water partition coefficient (Wildman–Crippen LogP) is 6.15. The molecule has 1 N–H and O–H groups in total. The Morgan fingerprint density at radius 3 is 2.34 bits per heavy atom. The van der Waals surface area contributed by atoms with E-state index >= 15 is 0 Å². The van der Waals surface area contributed by atoms with Gasteiger partial charge in [-0.15, -0.1) is 11.3 Å². The van der Waals surface area contributed by atoms with E-state index in [0.717, 1.165) is 21.8 Å². The molecule has 0 fully saturated rings. The summed E-state index contributed by atoms with van der Waals surface area (Å²) in [7, 11) is 0. The largest absolute Gasteiger partial charge is 0.484 e. The number of carbonyl (C=O) groups is 1. The van der Waals surface area contributed by atoms with Crippen LogP contribution in [0.25, 0.3) is 21.8 Å². The van der Waals surface area contributed by atoms with Gasteiger partial charge >= 0.3 is 0 Å². The molecule has 0 bridgehead atoms. The third-order valence-corrected chi connectivity index (χ3v) is 5.32. The summed E-state index contributed by atoms with van der Waals surface area (Å²) in [6.45, 7) is -0.0394. The lowest BCUT2D eigenvalue weighted by Crippen LogP contribution is -2.20. The first-order chi connectivity index (χ1) is 14.2. The van der Waals surface area contributed by atoms with Crippen molar-refractivity contribution in [2.75, 3.05) is 11.9 Å². The second-order valence-corrected chi connectivity index (χ2v) is 7.57. The highest BCUT2D eigenvalue weighted by Crippen LogP contribution is 2.30. The summed E-state index contributed by atoms with van der Waals surface area (Å²) in [6.07, 6.45) is 0. The number of amides is 1. The number of halogens is 1. The number of hydrogen-bond acceptors (Lipinski definition) is 4. The Morgan fingerprint density at radius 2 is 1.62 bits per heavy atom. The standard InChI is InChI=1S/C23H17ClN2O2S/c24-18-10-6-17(7-11-18)23-26-21(15-29-23)16-8-12-19(13-9-16)25-22(27)14-28-20-4-2-1-3-5-20/h1-13,15H,14H2,(H,25,27). The predicted molar refractivity (Wildman–Crippen MR) is 119 cm³/mol. The van der Waals surface area contributed by atoms with E-state index < -0.39 is 0 Å². The van der Waals surface area contributed by atoms with Gasteiger partial charge in [-0.1, -0.05) is 54.1 Å². The van der Waals surface area contributed by atoms with Crippen molar-refractivity contribution < 1.29 is 9.53 Å². The van der Waals surface area contributed by atoms with E-state index in [2.05, 4.69) is 5.32 Å². The van der Waals surface area contributed by atoms with Gasteiger partial charge < -0.3 is 10.1 Å². The van der Waals surface area contributed by atoms with Gasteiger partial charge in [0.25, 0.3) is 5.91 Å². The van der Waals surface area contributed by atoms with Gasteiger partial charge in [-0.05, 0) is 36.4 Å². The number of ether oxygens (including phenoxy) is 1. The van der Waals surface area contributed by atoms with Crippen molar-refractivity contribution in [3.05, 3.63) is 89.3 Å².